The molecule has 7 nitrogen and oxygen atoms in total. The van der Waals surface area contributed by atoms with Gasteiger partial charge < -0.3 is 15.4 Å². The van der Waals surface area contributed by atoms with E-state index in [0.717, 1.165) is 5.69 Å². The van der Waals surface area contributed by atoms with Crippen molar-refractivity contribution in [1.82, 2.24) is 10.2 Å². The van der Waals surface area contributed by atoms with Gasteiger partial charge in [-0.3, -0.25) is 4.79 Å². The van der Waals surface area contributed by atoms with Crippen LogP contribution < -0.4 is 15.4 Å². The quantitative estimate of drug-likeness (QED) is 0.694. The fourth-order valence-corrected chi connectivity index (χ4v) is 2.49. The van der Waals surface area contributed by atoms with E-state index in [0.29, 0.717) is 27.8 Å². The number of nitrogens with one attached hydrogen (secondary N) is 2. The van der Waals surface area contributed by atoms with E-state index in [1.165, 1.54) is 7.11 Å². The molecular weight excluding hydrogens is 366 g/mol. The fourth-order valence-electron chi connectivity index (χ4n) is 2.24. The number of benzene rings is 2. The molecule has 27 heavy (non-hydrogen) atoms. The molecule has 2 N–H and O–H groups in total. The average molecular weight is 380 g/mol. The number of nitriles is 1. The van der Waals surface area contributed by atoms with Gasteiger partial charge in [0.25, 0.3) is 5.91 Å². The van der Waals surface area contributed by atoms with Crippen LogP contribution in [0.1, 0.15) is 16.1 Å². The molecule has 0 bridgehead atoms. The maximum absolute atomic E-state index is 12.3. The van der Waals surface area contributed by atoms with Gasteiger partial charge in [-0.15, -0.1) is 10.2 Å². The van der Waals surface area contributed by atoms with Gasteiger partial charge in [0, 0.05) is 11.4 Å². The van der Waals surface area contributed by atoms with E-state index in [4.69, 9.17) is 21.6 Å². The zero-order valence-corrected chi connectivity index (χ0v) is 15.0. The molecule has 3 rings (SSSR count). The zero-order valence-electron chi connectivity index (χ0n) is 14.2. The standard InChI is InChI=1S/C19H14ClN5O2/c1-27-17-8-6-14(10-15(17)20)23-19(26)16-7-9-18(25-24-16)22-13-4-2-12(11-21)3-5-13/h2-10H,1H3,(H,22,25)(H,23,26). The van der Waals surface area contributed by atoms with Crippen molar-refractivity contribution in [3.05, 3.63) is 70.9 Å². The molecule has 0 atom stereocenters. The van der Waals surface area contributed by atoms with Crippen LogP contribution in [0.25, 0.3) is 0 Å². The molecule has 0 fully saturated rings. The van der Waals surface area contributed by atoms with E-state index in [-0.39, 0.29) is 5.69 Å². The lowest BCUT2D eigenvalue weighted by Gasteiger charge is -2.08. The molecule has 8 heteroatoms. The smallest absolute Gasteiger partial charge is 0.276 e. The Kier molecular flexibility index (Phi) is 5.50. The van der Waals surface area contributed by atoms with Crippen molar-refractivity contribution in [2.24, 2.45) is 0 Å². The summed E-state index contributed by atoms with van der Waals surface area (Å²) in [6.45, 7) is 0. The minimum Gasteiger partial charge on any atom is -0.495 e. The van der Waals surface area contributed by atoms with E-state index in [1.807, 2.05) is 0 Å². The molecule has 0 saturated heterocycles. The fraction of sp³-hybridized carbons (Fsp3) is 0.0526. The maximum Gasteiger partial charge on any atom is 0.276 e. The first-order chi connectivity index (χ1) is 13.1. The van der Waals surface area contributed by atoms with Crippen molar-refractivity contribution < 1.29 is 9.53 Å². The zero-order chi connectivity index (χ0) is 19.2. The first kappa shape index (κ1) is 18.2. The Balaban J connectivity index is 1.66. The predicted molar refractivity (Wildman–Crippen MR) is 102 cm³/mol. The third-order valence-electron chi connectivity index (χ3n) is 3.59. The number of ether oxygens (including phenoxy) is 1. The Hall–Kier alpha value is -3.63. The number of hydrogen-bond acceptors (Lipinski definition) is 6. The molecule has 3 aromatic rings. The Morgan fingerprint density at radius 2 is 1.81 bits per heavy atom. The Labute approximate surface area is 160 Å². The molecule has 0 aliphatic heterocycles. The monoisotopic (exact) mass is 379 g/mol. The summed E-state index contributed by atoms with van der Waals surface area (Å²) in [5.41, 5.74) is 2.00. The Morgan fingerprint density at radius 1 is 1.07 bits per heavy atom. The minimum absolute atomic E-state index is 0.160. The third kappa shape index (κ3) is 4.51. The number of anilines is 3. The molecule has 0 aliphatic rings. The van der Waals surface area contributed by atoms with E-state index in [1.54, 1.807) is 54.6 Å². The lowest BCUT2D eigenvalue weighted by atomic mass is 10.2. The lowest BCUT2D eigenvalue weighted by molar-refractivity contribution is 0.102. The lowest BCUT2D eigenvalue weighted by Crippen LogP contribution is -2.14. The molecule has 1 aromatic heterocycles. The highest BCUT2D eigenvalue weighted by Gasteiger charge is 2.10. The Bertz CT molecular complexity index is 998. The normalized spacial score (nSPS) is 9.96. The van der Waals surface area contributed by atoms with Crippen molar-refractivity contribution in [2.75, 3.05) is 17.7 Å². The van der Waals surface area contributed by atoms with Crippen LogP contribution in [0.15, 0.2) is 54.6 Å². The SMILES string of the molecule is COc1ccc(NC(=O)c2ccc(Nc3ccc(C#N)cc3)nn2)cc1Cl. The summed E-state index contributed by atoms with van der Waals surface area (Å²) >= 11 is 6.05. The Morgan fingerprint density at radius 3 is 2.41 bits per heavy atom. The number of nitrogens with zero attached hydrogens (tertiary/aromatic N) is 3. The van der Waals surface area contributed by atoms with Gasteiger partial charge in [-0.1, -0.05) is 11.6 Å². The molecular formula is C19H14ClN5O2. The van der Waals surface area contributed by atoms with Crippen molar-refractivity contribution >= 4 is 34.7 Å². The number of hydrogen-bond donors (Lipinski definition) is 2. The van der Waals surface area contributed by atoms with Crippen LogP contribution in [0.4, 0.5) is 17.2 Å². The summed E-state index contributed by atoms with van der Waals surface area (Å²) in [4.78, 5) is 12.3. The van der Waals surface area contributed by atoms with Crippen LogP contribution in [0.3, 0.4) is 0 Å². The van der Waals surface area contributed by atoms with Crippen LogP contribution in [0.5, 0.6) is 5.75 Å². The minimum atomic E-state index is -0.409. The van der Waals surface area contributed by atoms with E-state index < -0.39 is 5.91 Å². The summed E-state index contributed by atoms with van der Waals surface area (Å²) in [5, 5.41) is 22.9. The average Bonchev–Trinajstić information content (AvgIpc) is 2.69. The second-order valence-electron chi connectivity index (χ2n) is 5.42. The van der Waals surface area contributed by atoms with Gasteiger partial charge in [-0.05, 0) is 54.6 Å². The van der Waals surface area contributed by atoms with E-state index in [9.17, 15) is 4.79 Å². The number of amides is 1. The third-order valence-corrected chi connectivity index (χ3v) is 3.89. The number of carbonyl (C=O) groups is 1. The van der Waals surface area contributed by atoms with Gasteiger partial charge in [0.15, 0.2) is 11.5 Å². The van der Waals surface area contributed by atoms with Gasteiger partial charge in [-0.2, -0.15) is 5.26 Å². The van der Waals surface area contributed by atoms with Gasteiger partial charge in [-0.25, -0.2) is 0 Å². The molecule has 0 aliphatic carbocycles. The molecule has 1 amide bonds. The largest absolute Gasteiger partial charge is 0.495 e. The molecule has 0 unspecified atom stereocenters. The molecule has 134 valence electrons. The van der Waals surface area contributed by atoms with Gasteiger partial charge in [0.05, 0.1) is 23.8 Å². The molecule has 0 saturated carbocycles. The molecule has 0 spiro atoms. The predicted octanol–water partition coefficient (Wildman–Crippen LogP) is 4.01. The van der Waals surface area contributed by atoms with Gasteiger partial charge >= 0.3 is 0 Å². The second kappa shape index (κ2) is 8.17. The highest BCUT2D eigenvalue weighted by Crippen LogP contribution is 2.27. The van der Waals surface area contributed by atoms with Crippen LogP contribution in [-0.4, -0.2) is 23.2 Å². The number of aromatic nitrogens is 2. The van der Waals surface area contributed by atoms with Gasteiger partial charge in [0.2, 0.25) is 0 Å². The highest BCUT2D eigenvalue weighted by atomic mass is 35.5. The van der Waals surface area contributed by atoms with Crippen LogP contribution in [0.2, 0.25) is 5.02 Å². The van der Waals surface area contributed by atoms with Crippen LogP contribution >= 0.6 is 11.6 Å². The van der Waals surface area contributed by atoms with E-state index >= 15 is 0 Å². The number of methoxy groups -OCH3 is 1. The highest BCUT2D eigenvalue weighted by molar-refractivity contribution is 6.32. The summed E-state index contributed by atoms with van der Waals surface area (Å²) in [7, 11) is 1.52. The number of carbonyl (C=O) groups excluding carboxylic acids is 1. The van der Waals surface area contributed by atoms with Crippen molar-refractivity contribution in [1.29, 1.82) is 5.26 Å². The maximum atomic E-state index is 12.3. The van der Waals surface area contributed by atoms with Crippen molar-refractivity contribution in [3.63, 3.8) is 0 Å². The molecule has 1 heterocycles. The second-order valence-corrected chi connectivity index (χ2v) is 5.83. The summed E-state index contributed by atoms with van der Waals surface area (Å²) in [6.07, 6.45) is 0. The summed E-state index contributed by atoms with van der Waals surface area (Å²) < 4.78 is 5.07. The summed E-state index contributed by atoms with van der Waals surface area (Å²) in [5.74, 6) is 0.588. The van der Waals surface area contributed by atoms with Crippen molar-refractivity contribution in [2.45, 2.75) is 0 Å². The first-order valence-corrected chi connectivity index (χ1v) is 8.22. The number of rotatable bonds is 5. The summed E-state index contributed by atoms with van der Waals surface area (Å²) in [6, 6.07) is 17.1. The van der Waals surface area contributed by atoms with E-state index in [2.05, 4.69) is 26.9 Å². The van der Waals surface area contributed by atoms with Crippen molar-refractivity contribution in [3.8, 4) is 11.8 Å². The van der Waals surface area contributed by atoms with Crippen LogP contribution in [-0.2, 0) is 0 Å². The molecule has 0 radical (unpaired) electrons. The van der Waals surface area contributed by atoms with Gasteiger partial charge in [0.1, 0.15) is 5.75 Å². The number of halogens is 1. The topological polar surface area (TPSA) is 99.9 Å². The first-order valence-electron chi connectivity index (χ1n) is 7.85. The van der Waals surface area contributed by atoms with Crippen LogP contribution in [0, 0.1) is 11.3 Å². The molecule has 2 aromatic carbocycles.